The summed E-state index contributed by atoms with van der Waals surface area (Å²) in [6.07, 6.45) is 0. The molecule has 0 aliphatic carbocycles. The molecule has 0 spiro atoms. The van der Waals surface area contributed by atoms with Gasteiger partial charge in [-0.25, -0.2) is 13.5 Å². The summed E-state index contributed by atoms with van der Waals surface area (Å²) < 4.78 is 33.5. The van der Waals surface area contributed by atoms with Gasteiger partial charge in [0.15, 0.2) is 5.76 Å². The van der Waals surface area contributed by atoms with Gasteiger partial charge in [-0.05, 0) is 29.3 Å². The van der Waals surface area contributed by atoms with Crippen LogP contribution in [0.4, 0.5) is 0 Å². The number of hydrogen-bond acceptors (Lipinski definition) is 6. The Kier molecular flexibility index (Phi) is 6.14. The van der Waals surface area contributed by atoms with Crippen molar-refractivity contribution in [1.29, 1.82) is 0 Å². The third kappa shape index (κ3) is 4.45. The van der Waals surface area contributed by atoms with Crippen molar-refractivity contribution in [1.82, 2.24) is 19.4 Å². The number of nitrogens with one attached hydrogen (secondary N) is 1. The van der Waals surface area contributed by atoms with Crippen LogP contribution in [-0.4, -0.2) is 54.0 Å². The zero-order valence-electron chi connectivity index (χ0n) is 18.4. The molecule has 0 bridgehead atoms. The number of benzene rings is 2. The summed E-state index contributed by atoms with van der Waals surface area (Å²) in [5, 5.41) is 6.09. The van der Waals surface area contributed by atoms with Crippen molar-refractivity contribution in [2.45, 2.75) is 11.1 Å². The predicted octanol–water partition coefficient (Wildman–Crippen LogP) is 3.13. The van der Waals surface area contributed by atoms with Crippen molar-refractivity contribution in [3.05, 3.63) is 106 Å². The minimum Gasteiger partial charge on any atom is -0.442 e. The molecule has 5 rings (SSSR count). The Morgan fingerprint density at radius 1 is 0.794 bits per heavy atom. The smallest absolute Gasteiger partial charge is 0.276 e. The van der Waals surface area contributed by atoms with Gasteiger partial charge < -0.3 is 4.42 Å². The molecular formula is C25H24N4O4S. The number of nitrogens with zero attached hydrogens (tertiary/aromatic N) is 3. The lowest BCUT2D eigenvalue weighted by atomic mass is 9.96. The molecule has 0 saturated carbocycles. The van der Waals surface area contributed by atoms with E-state index in [4.69, 9.17) is 4.42 Å². The van der Waals surface area contributed by atoms with Gasteiger partial charge in [0.05, 0.1) is 6.04 Å². The van der Waals surface area contributed by atoms with Crippen LogP contribution in [0.2, 0.25) is 0 Å². The normalized spacial score (nSPS) is 15.6. The Hall–Kier alpha value is -3.53. The van der Waals surface area contributed by atoms with E-state index in [-0.39, 0.29) is 22.5 Å². The lowest BCUT2D eigenvalue weighted by molar-refractivity contribution is 0.154. The summed E-state index contributed by atoms with van der Waals surface area (Å²) in [4.78, 5) is 13.5. The van der Waals surface area contributed by atoms with E-state index in [1.807, 2.05) is 36.4 Å². The maximum atomic E-state index is 13.2. The second-order valence-corrected chi connectivity index (χ2v) is 9.96. The molecule has 174 valence electrons. The van der Waals surface area contributed by atoms with Gasteiger partial charge in [-0.2, -0.15) is 9.40 Å². The van der Waals surface area contributed by atoms with Crippen LogP contribution in [0.25, 0.3) is 11.5 Å². The van der Waals surface area contributed by atoms with Gasteiger partial charge in [0.25, 0.3) is 15.6 Å². The topological polar surface area (TPSA) is 99.5 Å². The number of aromatic amines is 1. The number of aromatic nitrogens is 2. The summed E-state index contributed by atoms with van der Waals surface area (Å²) in [5.41, 5.74) is 2.37. The standard InChI is InChI=1S/C25H24N4O4S/c30-23-13-11-21(26-27-23)22-12-14-24(33-22)34(31,32)29-17-15-28(16-18-29)25(19-7-3-1-4-8-19)20-9-5-2-6-10-20/h1-14,25H,15-18H2,(H,27,30). The SMILES string of the molecule is O=c1ccc(-c2ccc(S(=O)(=O)N3CCN(C(c4ccccc4)c4ccccc4)CC3)o2)n[nH]1. The average molecular weight is 477 g/mol. The minimum absolute atomic E-state index is 0.0498. The Morgan fingerprint density at radius 2 is 1.41 bits per heavy atom. The van der Waals surface area contributed by atoms with Gasteiger partial charge in [0, 0.05) is 32.2 Å². The molecule has 1 aliphatic heterocycles. The van der Waals surface area contributed by atoms with Crippen molar-refractivity contribution >= 4 is 10.0 Å². The van der Waals surface area contributed by atoms with Crippen LogP contribution in [0.3, 0.4) is 0 Å². The van der Waals surface area contributed by atoms with E-state index in [0.29, 0.717) is 31.9 Å². The van der Waals surface area contributed by atoms with Gasteiger partial charge in [-0.15, -0.1) is 0 Å². The van der Waals surface area contributed by atoms with Crippen LogP contribution in [0.5, 0.6) is 0 Å². The molecular weight excluding hydrogens is 452 g/mol. The van der Waals surface area contributed by atoms with Crippen molar-refractivity contribution in [3.63, 3.8) is 0 Å². The fourth-order valence-corrected chi connectivity index (χ4v) is 5.63. The first-order valence-electron chi connectivity index (χ1n) is 11.0. The lowest BCUT2D eigenvalue weighted by Gasteiger charge is -2.39. The van der Waals surface area contributed by atoms with Crippen LogP contribution >= 0.6 is 0 Å². The first-order chi connectivity index (χ1) is 16.5. The molecule has 34 heavy (non-hydrogen) atoms. The summed E-state index contributed by atoms with van der Waals surface area (Å²) in [6.45, 7) is 1.88. The van der Waals surface area contributed by atoms with Crippen LogP contribution in [0.15, 0.2) is 99.2 Å². The van der Waals surface area contributed by atoms with Crippen LogP contribution < -0.4 is 5.56 Å². The van der Waals surface area contributed by atoms with Crippen molar-refractivity contribution < 1.29 is 12.8 Å². The van der Waals surface area contributed by atoms with Gasteiger partial charge in [-0.1, -0.05) is 60.7 Å². The number of furan rings is 1. The molecule has 2 aromatic carbocycles. The zero-order chi connectivity index (χ0) is 23.5. The summed E-state index contributed by atoms with van der Waals surface area (Å²) in [7, 11) is -3.80. The van der Waals surface area contributed by atoms with Crippen molar-refractivity contribution in [2.75, 3.05) is 26.2 Å². The molecule has 3 heterocycles. The Bertz CT molecular complexity index is 1350. The van der Waals surface area contributed by atoms with Gasteiger partial charge in [-0.3, -0.25) is 9.69 Å². The molecule has 4 aromatic rings. The molecule has 1 fully saturated rings. The fraction of sp³-hybridized carbons (Fsp3) is 0.200. The molecule has 2 aromatic heterocycles. The average Bonchev–Trinajstić information content (AvgIpc) is 3.38. The summed E-state index contributed by atoms with van der Waals surface area (Å²) >= 11 is 0. The molecule has 0 radical (unpaired) electrons. The highest BCUT2D eigenvalue weighted by molar-refractivity contribution is 7.89. The van der Waals surface area contributed by atoms with E-state index in [2.05, 4.69) is 39.4 Å². The highest BCUT2D eigenvalue weighted by atomic mass is 32.2. The maximum Gasteiger partial charge on any atom is 0.276 e. The molecule has 9 heteroatoms. The highest BCUT2D eigenvalue weighted by Gasteiger charge is 2.34. The van der Waals surface area contributed by atoms with Crippen LogP contribution in [0.1, 0.15) is 17.2 Å². The second-order valence-electron chi connectivity index (χ2n) is 8.09. The van der Waals surface area contributed by atoms with E-state index < -0.39 is 10.0 Å². The number of sulfonamides is 1. The van der Waals surface area contributed by atoms with Crippen LogP contribution in [-0.2, 0) is 10.0 Å². The van der Waals surface area contributed by atoms with E-state index in [9.17, 15) is 13.2 Å². The quantitative estimate of drug-likeness (QED) is 0.459. The van der Waals surface area contributed by atoms with Crippen molar-refractivity contribution in [3.8, 4) is 11.5 Å². The molecule has 1 N–H and O–H groups in total. The van der Waals surface area contributed by atoms with Crippen molar-refractivity contribution in [2.24, 2.45) is 0 Å². The Labute approximate surface area is 197 Å². The Balaban J connectivity index is 1.34. The van der Waals surface area contributed by atoms with E-state index in [1.54, 1.807) is 6.07 Å². The molecule has 0 atom stereocenters. The largest absolute Gasteiger partial charge is 0.442 e. The third-order valence-corrected chi connectivity index (χ3v) is 7.75. The molecule has 0 unspecified atom stereocenters. The number of piperazine rings is 1. The molecule has 1 aliphatic rings. The fourth-order valence-electron chi connectivity index (χ4n) is 4.29. The van der Waals surface area contributed by atoms with E-state index in [1.165, 1.54) is 33.6 Å². The molecule has 0 amide bonds. The number of rotatable bonds is 6. The van der Waals surface area contributed by atoms with Gasteiger partial charge >= 0.3 is 0 Å². The molecule has 8 nitrogen and oxygen atoms in total. The highest BCUT2D eigenvalue weighted by Crippen LogP contribution is 2.31. The van der Waals surface area contributed by atoms with Crippen LogP contribution in [0, 0.1) is 0 Å². The van der Waals surface area contributed by atoms with E-state index >= 15 is 0 Å². The second kappa shape index (κ2) is 9.38. The monoisotopic (exact) mass is 476 g/mol. The first-order valence-corrected chi connectivity index (χ1v) is 12.5. The van der Waals surface area contributed by atoms with E-state index in [0.717, 1.165) is 0 Å². The number of hydrogen-bond donors (Lipinski definition) is 1. The summed E-state index contributed by atoms with van der Waals surface area (Å²) in [6, 6.07) is 26.4. The van der Waals surface area contributed by atoms with Gasteiger partial charge in [0.1, 0.15) is 5.69 Å². The lowest BCUT2D eigenvalue weighted by Crippen LogP contribution is -2.49. The predicted molar refractivity (Wildman–Crippen MR) is 128 cm³/mol. The minimum atomic E-state index is -3.80. The number of H-pyrrole nitrogens is 1. The Morgan fingerprint density at radius 3 is 1.97 bits per heavy atom. The maximum absolute atomic E-state index is 13.2. The zero-order valence-corrected chi connectivity index (χ0v) is 19.2. The molecule has 1 saturated heterocycles. The first kappa shape index (κ1) is 22.3. The third-order valence-electron chi connectivity index (χ3n) is 5.98. The van der Waals surface area contributed by atoms with Gasteiger partial charge in [0.2, 0.25) is 5.09 Å². The summed E-state index contributed by atoms with van der Waals surface area (Å²) in [5.74, 6) is 0.279.